The number of rotatable bonds is 2. The Kier molecular flexibility index (Phi) is 5.54. The van der Waals surface area contributed by atoms with Crippen LogP contribution in [0.1, 0.15) is 62.6 Å². The molecule has 33 heavy (non-hydrogen) atoms. The van der Waals surface area contributed by atoms with Crippen LogP contribution in [-0.4, -0.2) is 49.4 Å². The molecule has 0 bridgehead atoms. The lowest BCUT2D eigenvalue weighted by molar-refractivity contribution is 0.0189. The van der Waals surface area contributed by atoms with E-state index in [0.29, 0.717) is 12.0 Å². The van der Waals surface area contributed by atoms with Crippen LogP contribution in [-0.2, 0) is 11.2 Å². The quantitative estimate of drug-likeness (QED) is 0.572. The van der Waals surface area contributed by atoms with Crippen LogP contribution < -0.4 is 9.64 Å². The van der Waals surface area contributed by atoms with E-state index >= 15 is 0 Å². The first-order chi connectivity index (χ1) is 15.7. The van der Waals surface area contributed by atoms with Gasteiger partial charge in [-0.1, -0.05) is 6.07 Å². The number of nitrogens with zero attached hydrogens (tertiary/aromatic N) is 2. The fourth-order valence-electron chi connectivity index (χ4n) is 5.94. The highest BCUT2D eigenvalue weighted by Gasteiger charge is 2.45. The van der Waals surface area contributed by atoms with Crippen molar-refractivity contribution in [2.24, 2.45) is 0 Å². The van der Waals surface area contributed by atoms with Crippen LogP contribution in [0.3, 0.4) is 0 Å². The molecule has 0 radical (unpaired) electrons. The normalized spacial score (nSPS) is 21.8. The summed E-state index contributed by atoms with van der Waals surface area (Å²) in [7, 11) is 1.71. The zero-order valence-electron chi connectivity index (χ0n) is 20.6. The van der Waals surface area contributed by atoms with Gasteiger partial charge in [-0.05, 0) is 105 Å². The van der Waals surface area contributed by atoms with Crippen molar-refractivity contribution < 1.29 is 14.3 Å². The van der Waals surface area contributed by atoms with Crippen LogP contribution in [0.4, 0.5) is 10.5 Å². The predicted octanol–water partition coefficient (Wildman–Crippen LogP) is 5.92. The highest BCUT2D eigenvalue weighted by Crippen LogP contribution is 2.50. The van der Waals surface area contributed by atoms with Crippen molar-refractivity contribution in [3.63, 3.8) is 0 Å². The van der Waals surface area contributed by atoms with Crippen molar-refractivity contribution in [3.05, 3.63) is 47.0 Å². The largest absolute Gasteiger partial charge is 0.497 e. The lowest BCUT2D eigenvalue weighted by Gasteiger charge is -2.39. The maximum absolute atomic E-state index is 12.9. The summed E-state index contributed by atoms with van der Waals surface area (Å²) in [5.41, 5.74) is 7.62. The summed E-state index contributed by atoms with van der Waals surface area (Å²) >= 11 is 0. The molecule has 5 rings (SSSR count). The van der Waals surface area contributed by atoms with E-state index < -0.39 is 5.60 Å². The van der Waals surface area contributed by atoms with Crippen molar-refractivity contribution >= 4 is 11.8 Å². The van der Waals surface area contributed by atoms with Crippen molar-refractivity contribution in [1.82, 2.24) is 4.90 Å². The van der Waals surface area contributed by atoms with E-state index in [1.54, 1.807) is 7.11 Å². The second kappa shape index (κ2) is 8.27. The Bertz CT molecular complexity index is 1070. The highest BCUT2D eigenvalue weighted by atomic mass is 16.6. The van der Waals surface area contributed by atoms with Crippen molar-refractivity contribution in [1.29, 1.82) is 0 Å². The van der Waals surface area contributed by atoms with Gasteiger partial charge >= 0.3 is 6.09 Å². The van der Waals surface area contributed by atoms with Crippen LogP contribution in [0, 0.1) is 6.92 Å². The molecule has 2 aromatic rings. The molecule has 1 amide bonds. The minimum absolute atomic E-state index is 0.185. The van der Waals surface area contributed by atoms with E-state index in [2.05, 4.69) is 36.1 Å². The number of amides is 1. The first-order valence-electron chi connectivity index (χ1n) is 12.3. The molecule has 176 valence electrons. The first-order valence-corrected chi connectivity index (χ1v) is 12.3. The summed E-state index contributed by atoms with van der Waals surface area (Å²) in [6, 6.07) is 11.6. The molecular weight excluding hydrogens is 412 g/mol. The molecule has 1 fully saturated rings. The molecule has 2 aromatic carbocycles. The molecule has 0 N–H and O–H groups in total. The average Bonchev–Trinajstić information content (AvgIpc) is 2.92. The monoisotopic (exact) mass is 448 g/mol. The number of benzene rings is 2. The minimum Gasteiger partial charge on any atom is -0.497 e. The van der Waals surface area contributed by atoms with E-state index in [4.69, 9.17) is 9.47 Å². The molecule has 3 aliphatic heterocycles. The number of carbonyl (C=O) groups excluding carboxylic acids is 1. The van der Waals surface area contributed by atoms with Crippen LogP contribution in [0.15, 0.2) is 30.3 Å². The number of piperidine rings is 1. The van der Waals surface area contributed by atoms with E-state index in [0.717, 1.165) is 38.2 Å². The average molecular weight is 449 g/mol. The molecule has 5 nitrogen and oxygen atoms in total. The van der Waals surface area contributed by atoms with Crippen molar-refractivity contribution in [2.75, 3.05) is 31.6 Å². The van der Waals surface area contributed by atoms with E-state index in [-0.39, 0.29) is 6.09 Å². The Morgan fingerprint density at radius 3 is 2.64 bits per heavy atom. The molecule has 2 atom stereocenters. The van der Waals surface area contributed by atoms with Gasteiger partial charge in [-0.3, -0.25) is 0 Å². The smallest absolute Gasteiger partial charge is 0.410 e. The van der Waals surface area contributed by atoms with E-state index in [9.17, 15) is 4.79 Å². The Morgan fingerprint density at radius 2 is 1.91 bits per heavy atom. The van der Waals surface area contributed by atoms with Crippen LogP contribution in [0.5, 0.6) is 5.75 Å². The fourth-order valence-corrected chi connectivity index (χ4v) is 5.94. The Labute approximate surface area is 197 Å². The summed E-state index contributed by atoms with van der Waals surface area (Å²) in [6.07, 6.45) is 4.39. The SMILES string of the molecule is COc1ccc(-c2cc3c4c(c2)[C@@H]2CN(C(=O)OC(C)(C)C)CC[C@@H]2N4CCCC3)c(C)c1. The van der Waals surface area contributed by atoms with E-state index in [1.807, 2.05) is 31.7 Å². The zero-order chi connectivity index (χ0) is 23.3. The molecule has 0 spiro atoms. The van der Waals surface area contributed by atoms with Gasteiger partial charge in [0.25, 0.3) is 0 Å². The van der Waals surface area contributed by atoms with Crippen LogP contribution in [0.2, 0.25) is 0 Å². The number of hydrogen-bond acceptors (Lipinski definition) is 4. The topological polar surface area (TPSA) is 42.0 Å². The number of ether oxygens (including phenoxy) is 2. The lowest BCUT2D eigenvalue weighted by atomic mass is 9.86. The van der Waals surface area contributed by atoms with Crippen LogP contribution >= 0.6 is 0 Å². The Hall–Kier alpha value is -2.69. The van der Waals surface area contributed by atoms with Gasteiger partial charge in [0, 0.05) is 37.3 Å². The molecule has 0 saturated carbocycles. The van der Waals surface area contributed by atoms with Gasteiger partial charge in [-0.2, -0.15) is 0 Å². The molecule has 5 heteroatoms. The fraction of sp³-hybridized carbons (Fsp3) is 0.536. The molecule has 1 saturated heterocycles. The molecule has 0 unspecified atom stereocenters. The summed E-state index contributed by atoms with van der Waals surface area (Å²) in [5.74, 6) is 1.22. The summed E-state index contributed by atoms with van der Waals surface area (Å²) in [5, 5.41) is 0. The number of anilines is 1. The first kappa shape index (κ1) is 22.1. The second-order valence-corrected chi connectivity index (χ2v) is 10.8. The van der Waals surface area contributed by atoms with Gasteiger partial charge in [0.1, 0.15) is 11.4 Å². The summed E-state index contributed by atoms with van der Waals surface area (Å²) in [4.78, 5) is 17.5. The van der Waals surface area contributed by atoms with Gasteiger partial charge in [-0.15, -0.1) is 0 Å². The zero-order valence-corrected chi connectivity index (χ0v) is 20.6. The third-order valence-electron chi connectivity index (χ3n) is 7.37. The third kappa shape index (κ3) is 4.07. The summed E-state index contributed by atoms with van der Waals surface area (Å²) < 4.78 is 11.1. The van der Waals surface area contributed by atoms with Crippen molar-refractivity contribution in [2.45, 2.75) is 70.9 Å². The van der Waals surface area contributed by atoms with Crippen LogP contribution in [0.25, 0.3) is 11.1 Å². The molecule has 0 aromatic heterocycles. The molecule has 3 aliphatic rings. The van der Waals surface area contributed by atoms with Gasteiger partial charge in [-0.25, -0.2) is 4.79 Å². The number of likely N-dealkylation sites (tertiary alicyclic amines) is 1. The number of methoxy groups -OCH3 is 1. The van der Waals surface area contributed by atoms with Gasteiger partial charge < -0.3 is 19.3 Å². The molecule has 0 aliphatic carbocycles. The number of fused-ring (bicyclic) bond motifs is 3. The number of aryl methyl sites for hydroxylation is 2. The molecule has 3 heterocycles. The lowest BCUT2D eigenvalue weighted by Crippen LogP contribution is -2.49. The van der Waals surface area contributed by atoms with E-state index in [1.165, 1.54) is 46.3 Å². The predicted molar refractivity (Wildman–Crippen MR) is 132 cm³/mol. The van der Waals surface area contributed by atoms with Gasteiger partial charge in [0.2, 0.25) is 0 Å². The van der Waals surface area contributed by atoms with Gasteiger partial charge in [0.05, 0.1) is 7.11 Å². The number of carbonyl (C=O) groups is 1. The standard InChI is InChI=1S/C28H36N2O3/c1-18-14-21(32-5)9-10-22(18)20-15-19-8-6-7-12-30-25-11-13-29(27(31)33-28(2,3)4)17-24(25)23(16-20)26(19)30/h9-10,14-16,24-25H,6-8,11-13,17H2,1-5H3/t24-,25-/m0/s1. The second-order valence-electron chi connectivity index (χ2n) is 10.8. The highest BCUT2D eigenvalue weighted by molar-refractivity contribution is 5.78. The summed E-state index contributed by atoms with van der Waals surface area (Å²) in [6.45, 7) is 10.6. The van der Waals surface area contributed by atoms with Gasteiger partial charge in [0.15, 0.2) is 0 Å². The Morgan fingerprint density at radius 1 is 1.09 bits per heavy atom. The molecular formula is C28H36N2O3. The maximum Gasteiger partial charge on any atom is 0.410 e. The Balaban J connectivity index is 1.54. The number of hydrogen-bond donors (Lipinski definition) is 0. The minimum atomic E-state index is -0.472. The van der Waals surface area contributed by atoms with Crippen molar-refractivity contribution in [3.8, 4) is 16.9 Å². The maximum atomic E-state index is 12.9. The third-order valence-corrected chi connectivity index (χ3v) is 7.37.